The second-order valence-corrected chi connectivity index (χ2v) is 5.88. The van der Waals surface area contributed by atoms with Crippen molar-refractivity contribution in [3.05, 3.63) is 41.7 Å². The van der Waals surface area contributed by atoms with E-state index in [0.717, 1.165) is 49.2 Å². The number of anilines is 1. The van der Waals surface area contributed by atoms with Gasteiger partial charge in [-0.3, -0.25) is 0 Å². The highest BCUT2D eigenvalue weighted by Crippen LogP contribution is 2.32. The molecule has 2 aromatic rings. The van der Waals surface area contributed by atoms with Gasteiger partial charge in [0.2, 0.25) is 12.7 Å². The van der Waals surface area contributed by atoms with Gasteiger partial charge in [0.1, 0.15) is 0 Å². The first-order valence-electron chi connectivity index (χ1n) is 8.03. The molecule has 120 valence electrons. The number of fused-ring (bicyclic) bond motifs is 1. The molecular formula is C17H20N4O2. The van der Waals surface area contributed by atoms with Crippen molar-refractivity contribution in [3.8, 4) is 11.5 Å². The van der Waals surface area contributed by atoms with E-state index in [1.807, 2.05) is 30.6 Å². The SMILES string of the molecule is c1cc2c(cc1CNCc1cnc(N3CCCC3)nc1)OCO2. The van der Waals surface area contributed by atoms with Crippen molar-refractivity contribution < 1.29 is 9.47 Å². The molecule has 0 amide bonds. The summed E-state index contributed by atoms with van der Waals surface area (Å²) in [5, 5.41) is 3.41. The molecule has 1 N–H and O–H groups in total. The molecule has 1 aromatic heterocycles. The zero-order chi connectivity index (χ0) is 15.5. The van der Waals surface area contributed by atoms with Gasteiger partial charge in [0, 0.05) is 44.1 Å². The number of ether oxygens (including phenoxy) is 2. The Balaban J connectivity index is 1.30. The molecule has 1 saturated heterocycles. The Morgan fingerprint density at radius 2 is 1.70 bits per heavy atom. The highest BCUT2D eigenvalue weighted by atomic mass is 16.7. The van der Waals surface area contributed by atoms with Gasteiger partial charge in [-0.2, -0.15) is 0 Å². The fourth-order valence-electron chi connectivity index (χ4n) is 2.92. The molecule has 4 rings (SSSR count). The van der Waals surface area contributed by atoms with Crippen molar-refractivity contribution in [1.82, 2.24) is 15.3 Å². The van der Waals surface area contributed by atoms with Crippen LogP contribution in [0.2, 0.25) is 0 Å². The molecule has 2 aliphatic rings. The lowest BCUT2D eigenvalue weighted by Crippen LogP contribution is -2.20. The van der Waals surface area contributed by atoms with Crippen LogP contribution in [0.3, 0.4) is 0 Å². The standard InChI is InChI=1S/C17H20N4O2/c1-2-6-21(5-1)17-19-10-14(11-20-17)9-18-8-13-3-4-15-16(7-13)23-12-22-15/h3-4,7,10-11,18H,1-2,5-6,8-9,12H2. The molecule has 6 nitrogen and oxygen atoms in total. The Morgan fingerprint density at radius 3 is 2.52 bits per heavy atom. The summed E-state index contributed by atoms with van der Waals surface area (Å²) < 4.78 is 10.7. The molecular weight excluding hydrogens is 292 g/mol. The van der Waals surface area contributed by atoms with E-state index in [-0.39, 0.29) is 0 Å². The Morgan fingerprint density at radius 1 is 0.957 bits per heavy atom. The lowest BCUT2D eigenvalue weighted by Gasteiger charge is -2.14. The zero-order valence-electron chi connectivity index (χ0n) is 13.0. The molecule has 0 bridgehead atoms. The van der Waals surface area contributed by atoms with E-state index in [2.05, 4.69) is 20.2 Å². The summed E-state index contributed by atoms with van der Waals surface area (Å²) in [7, 11) is 0. The van der Waals surface area contributed by atoms with Crippen molar-refractivity contribution in [2.24, 2.45) is 0 Å². The van der Waals surface area contributed by atoms with Crippen LogP contribution in [0.1, 0.15) is 24.0 Å². The summed E-state index contributed by atoms with van der Waals surface area (Å²) in [6.07, 6.45) is 6.30. The summed E-state index contributed by atoms with van der Waals surface area (Å²) in [6.45, 7) is 3.97. The van der Waals surface area contributed by atoms with E-state index >= 15 is 0 Å². The second kappa shape index (κ2) is 6.42. The van der Waals surface area contributed by atoms with Gasteiger partial charge < -0.3 is 19.7 Å². The van der Waals surface area contributed by atoms with E-state index in [1.54, 1.807) is 0 Å². The van der Waals surface area contributed by atoms with Crippen LogP contribution in [-0.4, -0.2) is 29.9 Å². The molecule has 2 aliphatic heterocycles. The van der Waals surface area contributed by atoms with Gasteiger partial charge in [-0.1, -0.05) is 6.07 Å². The van der Waals surface area contributed by atoms with Crippen molar-refractivity contribution in [1.29, 1.82) is 0 Å². The molecule has 1 aromatic carbocycles. The minimum atomic E-state index is 0.312. The molecule has 1 fully saturated rings. The van der Waals surface area contributed by atoms with Crippen LogP contribution < -0.4 is 19.7 Å². The lowest BCUT2D eigenvalue weighted by atomic mass is 10.2. The first-order chi connectivity index (χ1) is 11.4. The minimum absolute atomic E-state index is 0.312. The highest BCUT2D eigenvalue weighted by molar-refractivity contribution is 5.44. The minimum Gasteiger partial charge on any atom is -0.454 e. The Kier molecular flexibility index (Phi) is 3.98. The Hall–Kier alpha value is -2.34. The van der Waals surface area contributed by atoms with Gasteiger partial charge in [-0.15, -0.1) is 0 Å². The van der Waals surface area contributed by atoms with Gasteiger partial charge in [0.25, 0.3) is 0 Å². The predicted molar refractivity (Wildman–Crippen MR) is 86.6 cm³/mol. The van der Waals surface area contributed by atoms with Gasteiger partial charge in [-0.25, -0.2) is 9.97 Å². The Bertz CT molecular complexity index is 669. The number of rotatable bonds is 5. The first kappa shape index (κ1) is 14.3. The summed E-state index contributed by atoms with van der Waals surface area (Å²) >= 11 is 0. The average molecular weight is 312 g/mol. The number of aromatic nitrogens is 2. The molecule has 23 heavy (non-hydrogen) atoms. The maximum atomic E-state index is 5.39. The fourth-order valence-corrected chi connectivity index (χ4v) is 2.92. The zero-order valence-corrected chi connectivity index (χ0v) is 13.0. The largest absolute Gasteiger partial charge is 0.454 e. The first-order valence-corrected chi connectivity index (χ1v) is 8.03. The van der Waals surface area contributed by atoms with Gasteiger partial charge >= 0.3 is 0 Å². The number of nitrogens with zero attached hydrogens (tertiary/aromatic N) is 3. The van der Waals surface area contributed by atoms with Gasteiger partial charge in [0.15, 0.2) is 11.5 Å². The second-order valence-electron chi connectivity index (χ2n) is 5.88. The summed E-state index contributed by atoms with van der Waals surface area (Å²) in [4.78, 5) is 11.2. The third-order valence-corrected chi connectivity index (χ3v) is 4.18. The van der Waals surface area contributed by atoms with Crippen molar-refractivity contribution in [3.63, 3.8) is 0 Å². The number of hydrogen-bond donors (Lipinski definition) is 1. The third kappa shape index (κ3) is 3.22. The molecule has 0 spiro atoms. The molecule has 0 aliphatic carbocycles. The molecule has 0 atom stereocenters. The number of hydrogen-bond acceptors (Lipinski definition) is 6. The monoisotopic (exact) mass is 312 g/mol. The van der Waals surface area contributed by atoms with Crippen molar-refractivity contribution in [2.75, 3.05) is 24.8 Å². The van der Waals surface area contributed by atoms with Crippen molar-refractivity contribution >= 4 is 5.95 Å². The molecule has 0 unspecified atom stereocenters. The molecule has 0 saturated carbocycles. The summed E-state index contributed by atoms with van der Waals surface area (Å²) in [5.74, 6) is 2.49. The smallest absolute Gasteiger partial charge is 0.231 e. The topological polar surface area (TPSA) is 59.5 Å². The highest BCUT2D eigenvalue weighted by Gasteiger charge is 2.14. The molecule has 3 heterocycles. The van der Waals surface area contributed by atoms with Gasteiger partial charge in [0.05, 0.1) is 0 Å². The summed E-state index contributed by atoms with van der Waals surface area (Å²) in [5.41, 5.74) is 2.26. The molecule has 0 radical (unpaired) electrons. The number of benzene rings is 1. The fraction of sp³-hybridized carbons (Fsp3) is 0.412. The van der Waals surface area contributed by atoms with Crippen LogP contribution >= 0.6 is 0 Å². The maximum Gasteiger partial charge on any atom is 0.231 e. The van der Waals surface area contributed by atoms with E-state index < -0.39 is 0 Å². The Labute approximate surface area is 135 Å². The van der Waals surface area contributed by atoms with Gasteiger partial charge in [-0.05, 0) is 30.5 Å². The van der Waals surface area contributed by atoms with Crippen LogP contribution in [0.5, 0.6) is 11.5 Å². The lowest BCUT2D eigenvalue weighted by molar-refractivity contribution is 0.174. The van der Waals surface area contributed by atoms with E-state index in [4.69, 9.17) is 9.47 Å². The van der Waals surface area contributed by atoms with E-state index in [1.165, 1.54) is 18.4 Å². The van der Waals surface area contributed by atoms with Crippen LogP contribution in [0.25, 0.3) is 0 Å². The van der Waals surface area contributed by atoms with Crippen LogP contribution in [0.4, 0.5) is 5.95 Å². The average Bonchev–Trinajstić information content (AvgIpc) is 3.27. The van der Waals surface area contributed by atoms with Crippen LogP contribution in [0, 0.1) is 0 Å². The molecule has 6 heteroatoms. The maximum absolute atomic E-state index is 5.39. The number of nitrogens with one attached hydrogen (secondary N) is 1. The predicted octanol–water partition coefficient (Wildman–Crippen LogP) is 2.10. The van der Waals surface area contributed by atoms with Crippen LogP contribution in [0.15, 0.2) is 30.6 Å². The summed E-state index contributed by atoms with van der Waals surface area (Å²) in [6, 6.07) is 6.02. The quantitative estimate of drug-likeness (QED) is 0.912. The van der Waals surface area contributed by atoms with E-state index in [9.17, 15) is 0 Å². The van der Waals surface area contributed by atoms with E-state index in [0.29, 0.717) is 6.79 Å². The van der Waals surface area contributed by atoms with Crippen molar-refractivity contribution in [2.45, 2.75) is 25.9 Å². The third-order valence-electron chi connectivity index (χ3n) is 4.18. The normalized spacial score (nSPS) is 16.1. The van der Waals surface area contributed by atoms with Crippen LogP contribution in [-0.2, 0) is 13.1 Å².